The van der Waals surface area contributed by atoms with Crippen LogP contribution in [0.4, 0.5) is 8.78 Å². The standard InChI is InChI=1S/C10H9ClF2/c1-2-7-10(12,13)8-5-3-4-6-9(8)11/h2-7H,1H3/b7-2+. The lowest BCUT2D eigenvalue weighted by molar-refractivity contribution is 0.0521. The Bertz CT molecular complexity index is 318. The summed E-state index contributed by atoms with van der Waals surface area (Å²) in [5.74, 6) is -2.98. The van der Waals surface area contributed by atoms with Crippen LogP contribution in [0.5, 0.6) is 0 Å². The number of allylic oxidation sites excluding steroid dienone is 2. The first-order valence-corrected chi connectivity index (χ1v) is 4.22. The maximum absolute atomic E-state index is 13.2. The lowest BCUT2D eigenvalue weighted by Crippen LogP contribution is -2.09. The summed E-state index contributed by atoms with van der Waals surface area (Å²) in [4.78, 5) is 0. The molecule has 0 atom stereocenters. The van der Waals surface area contributed by atoms with Crippen molar-refractivity contribution < 1.29 is 8.78 Å². The lowest BCUT2D eigenvalue weighted by atomic mass is 10.1. The zero-order chi connectivity index (χ0) is 9.90. The van der Waals surface area contributed by atoms with Gasteiger partial charge in [-0.25, -0.2) is 0 Å². The summed E-state index contributed by atoms with van der Waals surface area (Å²) >= 11 is 5.63. The van der Waals surface area contributed by atoms with Gasteiger partial charge in [0, 0.05) is 5.56 Å². The number of alkyl halides is 2. The van der Waals surface area contributed by atoms with Crippen LogP contribution in [0.1, 0.15) is 12.5 Å². The second-order valence-corrected chi connectivity index (χ2v) is 3.01. The molecule has 0 radical (unpaired) electrons. The van der Waals surface area contributed by atoms with Gasteiger partial charge in [0.05, 0.1) is 5.02 Å². The molecule has 1 aromatic rings. The minimum atomic E-state index is -2.98. The molecule has 0 heterocycles. The fraction of sp³-hybridized carbons (Fsp3) is 0.200. The van der Waals surface area contributed by atoms with Gasteiger partial charge >= 0.3 is 0 Å². The van der Waals surface area contributed by atoms with Gasteiger partial charge in [0.1, 0.15) is 0 Å². The topological polar surface area (TPSA) is 0 Å². The van der Waals surface area contributed by atoms with E-state index in [1.54, 1.807) is 19.1 Å². The fourth-order valence-electron chi connectivity index (χ4n) is 1.03. The van der Waals surface area contributed by atoms with Gasteiger partial charge in [-0.1, -0.05) is 35.9 Å². The molecule has 70 valence electrons. The molecule has 3 heteroatoms. The number of rotatable bonds is 2. The highest BCUT2D eigenvalue weighted by molar-refractivity contribution is 6.31. The highest BCUT2D eigenvalue weighted by Gasteiger charge is 2.29. The molecule has 0 aliphatic rings. The van der Waals surface area contributed by atoms with Gasteiger partial charge in [-0.15, -0.1) is 0 Å². The summed E-state index contributed by atoms with van der Waals surface area (Å²) in [5.41, 5.74) is -0.158. The van der Waals surface area contributed by atoms with Crippen LogP contribution in [-0.2, 0) is 5.92 Å². The van der Waals surface area contributed by atoms with Crippen molar-refractivity contribution in [2.45, 2.75) is 12.8 Å². The summed E-state index contributed by atoms with van der Waals surface area (Å²) in [6.45, 7) is 1.55. The van der Waals surface area contributed by atoms with Crippen LogP contribution >= 0.6 is 11.6 Å². The summed E-state index contributed by atoms with van der Waals surface area (Å²) in [7, 11) is 0. The molecule has 0 fully saturated rings. The van der Waals surface area contributed by atoms with E-state index in [1.165, 1.54) is 18.2 Å². The first kappa shape index (κ1) is 10.2. The molecule has 0 amide bonds. The maximum atomic E-state index is 13.2. The molecular formula is C10H9ClF2. The molecule has 0 aliphatic heterocycles. The molecule has 1 rings (SSSR count). The van der Waals surface area contributed by atoms with Crippen molar-refractivity contribution in [3.8, 4) is 0 Å². The van der Waals surface area contributed by atoms with Crippen molar-refractivity contribution in [2.75, 3.05) is 0 Å². The molecule has 13 heavy (non-hydrogen) atoms. The zero-order valence-electron chi connectivity index (χ0n) is 7.10. The van der Waals surface area contributed by atoms with Gasteiger partial charge < -0.3 is 0 Å². The van der Waals surface area contributed by atoms with Gasteiger partial charge in [0.25, 0.3) is 5.92 Å². The minimum absolute atomic E-state index is 0.0885. The smallest absolute Gasteiger partial charge is 0.196 e. The second kappa shape index (κ2) is 3.88. The van der Waals surface area contributed by atoms with Crippen molar-refractivity contribution in [2.24, 2.45) is 0 Å². The van der Waals surface area contributed by atoms with E-state index < -0.39 is 5.92 Å². The molecule has 0 nitrogen and oxygen atoms in total. The molecule has 0 unspecified atom stereocenters. The SMILES string of the molecule is C/C=C/C(F)(F)c1ccccc1Cl. The van der Waals surface area contributed by atoms with Crippen molar-refractivity contribution >= 4 is 11.6 Å². The van der Waals surface area contributed by atoms with E-state index in [0.29, 0.717) is 0 Å². The van der Waals surface area contributed by atoms with Gasteiger partial charge in [-0.05, 0) is 19.1 Å². The summed E-state index contributed by atoms with van der Waals surface area (Å²) in [6.07, 6.45) is 2.14. The summed E-state index contributed by atoms with van der Waals surface area (Å²) in [6, 6.07) is 5.94. The average molecular weight is 203 g/mol. The van der Waals surface area contributed by atoms with Gasteiger partial charge in [-0.2, -0.15) is 8.78 Å². The highest BCUT2D eigenvalue weighted by atomic mass is 35.5. The van der Waals surface area contributed by atoms with Crippen LogP contribution in [0, 0.1) is 0 Å². The molecule has 0 saturated heterocycles. The van der Waals surface area contributed by atoms with E-state index in [4.69, 9.17) is 11.6 Å². The molecule has 0 bridgehead atoms. The predicted octanol–water partition coefficient (Wildman–Crippen LogP) is 4.01. The van der Waals surface area contributed by atoms with Crippen LogP contribution in [0.2, 0.25) is 5.02 Å². The molecule has 1 aromatic carbocycles. The minimum Gasteiger partial charge on any atom is -0.196 e. The monoisotopic (exact) mass is 202 g/mol. The molecule has 0 spiro atoms. The third-order valence-corrected chi connectivity index (χ3v) is 1.94. The largest absolute Gasteiger partial charge is 0.293 e. The van der Waals surface area contributed by atoms with E-state index in [1.807, 2.05) is 0 Å². The third kappa shape index (κ3) is 2.28. The maximum Gasteiger partial charge on any atom is 0.293 e. The zero-order valence-corrected chi connectivity index (χ0v) is 7.85. The third-order valence-electron chi connectivity index (χ3n) is 1.61. The lowest BCUT2D eigenvalue weighted by Gasteiger charge is -2.13. The Hall–Kier alpha value is -0.890. The molecule has 0 saturated carbocycles. The summed E-state index contributed by atoms with van der Waals surface area (Å²) < 4.78 is 26.5. The Morgan fingerprint density at radius 2 is 1.92 bits per heavy atom. The van der Waals surface area contributed by atoms with Crippen LogP contribution in [0.15, 0.2) is 36.4 Å². The Balaban J connectivity index is 3.14. The predicted molar refractivity (Wildman–Crippen MR) is 50.2 cm³/mol. The van der Waals surface area contributed by atoms with Crippen molar-refractivity contribution in [3.05, 3.63) is 47.0 Å². The number of halogens is 3. The van der Waals surface area contributed by atoms with E-state index in [2.05, 4.69) is 0 Å². The van der Waals surface area contributed by atoms with E-state index in [9.17, 15) is 8.78 Å². The highest BCUT2D eigenvalue weighted by Crippen LogP contribution is 2.34. The Morgan fingerprint density at radius 3 is 2.46 bits per heavy atom. The Morgan fingerprint density at radius 1 is 1.31 bits per heavy atom. The van der Waals surface area contributed by atoms with Gasteiger partial charge in [-0.3, -0.25) is 0 Å². The van der Waals surface area contributed by atoms with Crippen molar-refractivity contribution in [1.29, 1.82) is 0 Å². The van der Waals surface area contributed by atoms with Crippen LogP contribution in [0.25, 0.3) is 0 Å². The fourth-order valence-corrected chi connectivity index (χ4v) is 1.29. The number of hydrogen-bond donors (Lipinski definition) is 0. The van der Waals surface area contributed by atoms with E-state index in [-0.39, 0.29) is 10.6 Å². The van der Waals surface area contributed by atoms with E-state index in [0.717, 1.165) is 6.08 Å². The quantitative estimate of drug-likeness (QED) is 0.636. The Kier molecular flexibility index (Phi) is 3.04. The summed E-state index contributed by atoms with van der Waals surface area (Å²) in [5, 5.41) is 0.0885. The van der Waals surface area contributed by atoms with Crippen LogP contribution in [0.3, 0.4) is 0 Å². The molecule has 0 N–H and O–H groups in total. The van der Waals surface area contributed by atoms with Crippen molar-refractivity contribution in [3.63, 3.8) is 0 Å². The van der Waals surface area contributed by atoms with Gasteiger partial charge in [0.2, 0.25) is 0 Å². The van der Waals surface area contributed by atoms with Gasteiger partial charge in [0.15, 0.2) is 0 Å². The van der Waals surface area contributed by atoms with Crippen molar-refractivity contribution in [1.82, 2.24) is 0 Å². The molecule has 0 aliphatic carbocycles. The second-order valence-electron chi connectivity index (χ2n) is 2.60. The Labute approximate surface area is 80.8 Å². The van der Waals surface area contributed by atoms with Crippen LogP contribution < -0.4 is 0 Å². The average Bonchev–Trinajstić information content (AvgIpc) is 2.04. The van der Waals surface area contributed by atoms with E-state index >= 15 is 0 Å². The van der Waals surface area contributed by atoms with Crippen LogP contribution in [-0.4, -0.2) is 0 Å². The molecule has 0 aromatic heterocycles. The molecular weight excluding hydrogens is 194 g/mol. The first-order chi connectivity index (χ1) is 6.08. The number of benzene rings is 1. The normalized spacial score (nSPS) is 12.3. The first-order valence-electron chi connectivity index (χ1n) is 3.84. The number of hydrogen-bond acceptors (Lipinski definition) is 0.